The molecule has 1 aliphatic rings. The van der Waals surface area contributed by atoms with Gasteiger partial charge >= 0.3 is 0 Å². The number of benzene rings is 2. The zero-order valence-electron chi connectivity index (χ0n) is 20.6. The molecule has 1 aliphatic heterocycles. The van der Waals surface area contributed by atoms with E-state index in [0.717, 1.165) is 49.5 Å². The summed E-state index contributed by atoms with van der Waals surface area (Å²) in [6.45, 7) is 12.9. The van der Waals surface area contributed by atoms with Crippen LogP contribution in [0.2, 0.25) is 0 Å². The number of aryl methyl sites for hydroxylation is 2. The normalized spacial score (nSPS) is 17.0. The molecule has 6 nitrogen and oxygen atoms in total. The minimum atomic E-state index is -3.69. The Morgan fingerprint density at radius 3 is 2.48 bits per heavy atom. The van der Waals surface area contributed by atoms with E-state index in [1.165, 1.54) is 4.31 Å². The van der Waals surface area contributed by atoms with Crippen LogP contribution in [-0.4, -0.2) is 59.8 Å². The van der Waals surface area contributed by atoms with Gasteiger partial charge in [0.1, 0.15) is 5.75 Å². The van der Waals surface area contributed by atoms with Gasteiger partial charge in [0.15, 0.2) is 0 Å². The van der Waals surface area contributed by atoms with Gasteiger partial charge < -0.3 is 14.4 Å². The van der Waals surface area contributed by atoms with Crippen molar-refractivity contribution in [3.05, 3.63) is 53.6 Å². The Hall–Kier alpha value is -2.09. The quantitative estimate of drug-likeness (QED) is 0.480. The summed E-state index contributed by atoms with van der Waals surface area (Å²) >= 11 is 0. The number of methoxy groups -OCH3 is 1. The number of ether oxygens (including phenoxy) is 2. The van der Waals surface area contributed by atoms with Crippen LogP contribution in [0.3, 0.4) is 0 Å². The summed E-state index contributed by atoms with van der Waals surface area (Å²) in [6, 6.07) is 12.7. The van der Waals surface area contributed by atoms with Crippen LogP contribution in [0.25, 0.3) is 0 Å². The van der Waals surface area contributed by atoms with E-state index in [1.807, 2.05) is 45.9 Å². The zero-order chi connectivity index (χ0) is 24.0. The molecule has 1 heterocycles. The van der Waals surface area contributed by atoms with Crippen molar-refractivity contribution in [3.8, 4) is 5.75 Å². The molecular weight excluding hydrogens is 436 g/mol. The predicted molar refractivity (Wildman–Crippen MR) is 134 cm³/mol. The van der Waals surface area contributed by atoms with Crippen molar-refractivity contribution in [2.24, 2.45) is 11.8 Å². The van der Waals surface area contributed by atoms with Gasteiger partial charge in [-0.15, -0.1) is 0 Å². The third-order valence-electron chi connectivity index (χ3n) is 6.03. The maximum absolute atomic E-state index is 13.6. The lowest BCUT2D eigenvalue weighted by atomic mass is 10.1. The van der Waals surface area contributed by atoms with Gasteiger partial charge in [-0.3, -0.25) is 4.31 Å². The Balaban J connectivity index is 1.69. The molecule has 1 fully saturated rings. The SMILES string of the molecule is COCCN1CCC(COc2ccc(S(=O)(=O)N(CC(C)C)c3ccc(C)cc3C)cc2)C1. The van der Waals surface area contributed by atoms with Crippen molar-refractivity contribution in [2.45, 2.75) is 39.0 Å². The molecule has 1 atom stereocenters. The summed E-state index contributed by atoms with van der Waals surface area (Å²) in [5.41, 5.74) is 2.80. The highest BCUT2D eigenvalue weighted by Gasteiger charge is 2.27. The average Bonchev–Trinajstić information content (AvgIpc) is 3.23. The average molecular weight is 475 g/mol. The minimum absolute atomic E-state index is 0.193. The lowest BCUT2D eigenvalue weighted by molar-refractivity contribution is 0.155. The summed E-state index contributed by atoms with van der Waals surface area (Å²) < 4.78 is 39.8. The first-order valence-corrected chi connectivity index (χ1v) is 13.2. The van der Waals surface area contributed by atoms with Crippen molar-refractivity contribution in [1.82, 2.24) is 4.90 Å². The molecule has 0 aromatic heterocycles. The van der Waals surface area contributed by atoms with Crippen LogP contribution < -0.4 is 9.04 Å². The molecule has 0 bridgehead atoms. The van der Waals surface area contributed by atoms with E-state index in [2.05, 4.69) is 4.90 Å². The van der Waals surface area contributed by atoms with Gasteiger partial charge in [-0.25, -0.2) is 8.42 Å². The highest BCUT2D eigenvalue weighted by atomic mass is 32.2. The van der Waals surface area contributed by atoms with Gasteiger partial charge in [-0.05, 0) is 68.6 Å². The fourth-order valence-electron chi connectivity index (χ4n) is 4.26. The maximum Gasteiger partial charge on any atom is 0.264 e. The lowest BCUT2D eigenvalue weighted by Gasteiger charge is -2.28. The Morgan fingerprint density at radius 2 is 1.85 bits per heavy atom. The first kappa shape index (κ1) is 25.5. The zero-order valence-corrected chi connectivity index (χ0v) is 21.4. The molecule has 7 heteroatoms. The van der Waals surface area contributed by atoms with Gasteiger partial charge in [-0.1, -0.05) is 31.5 Å². The smallest absolute Gasteiger partial charge is 0.264 e. The van der Waals surface area contributed by atoms with Crippen LogP contribution in [0.1, 0.15) is 31.4 Å². The van der Waals surface area contributed by atoms with Crippen LogP contribution in [0, 0.1) is 25.7 Å². The molecule has 0 saturated carbocycles. The third kappa shape index (κ3) is 6.71. The number of likely N-dealkylation sites (tertiary alicyclic amines) is 1. The van der Waals surface area contributed by atoms with Crippen molar-refractivity contribution in [3.63, 3.8) is 0 Å². The molecule has 1 unspecified atom stereocenters. The van der Waals surface area contributed by atoms with Gasteiger partial charge in [0.05, 0.1) is 23.8 Å². The number of sulfonamides is 1. The van der Waals surface area contributed by atoms with Crippen LogP contribution >= 0.6 is 0 Å². The van der Waals surface area contributed by atoms with E-state index in [4.69, 9.17) is 9.47 Å². The van der Waals surface area contributed by atoms with Crippen molar-refractivity contribution >= 4 is 15.7 Å². The topological polar surface area (TPSA) is 59.1 Å². The molecule has 33 heavy (non-hydrogen) atoms. The van der Waals surface area contributed by atoms with Gasteiger partial charge in [-0.2, -0.15) is 0 Å². The molecule has 0 amide bonds. The third-order valence-corrected chi connectivity index (χ3v) is 7.82. The molecule has 1 saturated heterocycles. The predicted octanol–water partition coefficient (Wildman–Crippen LogP) is 4.50. The van der Waals surface area contributed by atoms with E-state index in [0.29, 0.717) is 24.8 Å². The van der Waals surface area contributed by atoms with Gasteiger partial charge in [0, 0.05) is 32.7 Å². The van der Waals surface area contributed by atoms with Crippen LogP contribution in [-0.2, 0) is 14.8 Å². The largest absolute Gasteiger partial charge is 0.493 e. The molecule has 0 aliphatic carbocycles. The number of nitrogens with zero attached hydrogens (tertiary/aromatic N) is 2. The second-order valence-electron chi connectivity index (χ2n) is 9.45. The van der Waals surface area contributed by atoms with Gasteiger partial charge in [0.25, 0.3) is 10.0 Å². The maximum atomic E-state index is 13.6. The minimum Gasteiger partial charge on any atom is -0.493 e. The second-order valence-corrected chi connectivity index (χ2v) is 11.3. The number of rotatable bonds is 11. The summed E-state index contributed by atoms with van der Waals surface area (Å²) in [5, 5.41) is 0. The monoisotopic (exact) mass is 474 g/mol. The fraction of sp³-hybridized carbons (Fsp3) is 0.538. The van der Waals surface area contributed by atoms with Crippen LogP contribution in [0.15, 0.2) is 47.4 Å². The Labute approximate surface area is 199 Å². The summed E-state index contributed by atoms with van der Waals surface area (Å²) in [7, 11) is -1.96. The van der Waals surface area contributed by atoms with Crippen LogP contribution in [0.4, 0.5) is 5.69 Å². The molecule has 2 aromatic carbocycles. The molecule has 0 N–H and O–H groups in total. The van der Waals surface area contributed by atoms with Crippen molar-refractivity contribution in [2.75, 3.05) is 50.8 Å². The fourth-order valence-corrected chi connectivity index (χ4v) is 5.96. The lowest BCUT2D eigenvalue weighted by Crippen LogP contribution is -2.34. The molecule has 3 rings (SSSR count). The van der Waals surface area contributed by atoms with E-state index in [9.17, 15) is 8.42 Å². The Kier molecular flexibility index (Phi) is 8.79. The summed E-state index contributed by atoms with van der Waals surface area (Å²) in [6.07, 6.45) is 1.11. The summed E-state index contributed by atoms with van der Waals surface area (Å²) in [4.78, 5) is 2.67. The molecular formula is C26H38N2O4S. The highest BCUT2D eigenvalue weighted by molar-refractivity contribution is 7.92. The standard InChI is InChI=1S/C26H38N2O4S/c1-20(2)17-28(26-11-6-21(3)16-22(26)4)33(29,30)25-9-7-24(8-10-25)32-19-23-12-13-27(18-23)14-15-31-5/h6-11,16,20,23H,12-15,17-19H2,1-5H3. The van der Waals surface area contributed by atoms with E-state index < -0.39 is 10.0 Å². The second kappa shape index (κ2) is 11.4. The molecule has 0 radical (unpaired) electrons. The Bertz CT molecular complexity index is 1010. The molecule has 0 spiro atoms. The van der Waals surface area contributed by atoms with Gasteiger partial charge in [0.2, 0.25) is 0 Å². The molecule has 2 aromatic rings. The van der Waals surface area contributed by atoms with Crippen molar-refractivity contribution < 1.29 is 17.9 Å². The molecule has 182 valence electrons. The van der Waals surface area contributed by atoms with Crippen molar-refractivity contribution in [1.29, 1.82) is 0 Å². The number of hydrogen-bond donors (Lipinski definition) is 0. The Morgan fingerprint density at radius 1 is 1.12 bits per heavy atom. The van der Waals surface area contributed by atoms with E-state index in [1.54, 1.807) is 31.4 Å². The highest BCUT2D eigenvalue weighted by Crippen LogP contribution is 2.29. The first-order chi connectivity index (χ1) is 15.7. The number of hydrogen-bond acceptors (Lipinski definition) is 5. The van der Waals surface area contributed by atoms with Crippen LogP contribution in [0.5, 0.6) is 5.75 Å². The summed E-state index contributed by atoms with van der Waals surface area (Å²) in [5.74, 6) is 1.38. The van der Waals surface area contributed by atoms with E-state index >= 15 is 0 Å². The number of anilines is 1. The van der Waals surface area contributed by atoms with E-state index in [-0.39, 0.29) is 10.8 Å². The first-order valence-electron chi connectivity index (χ1n) is 11.7.